The second kappa shape index (κ2) is 6.86. The molecular formula is C13H19NO4. The third kappa shape index (κ3) is 4.63. The molecule has 0 saturated carbocycles. The largest absolute Gasteiger partial charge is 0.494 e. The summed E-state index contributed by atoms with van der Waals surface area (Å²) in [5.41, 5.74) is 6.48. The van der Waals surface area contributed by atoms with Gasteiger partial charge in [0.1, 0.15) is 5.75 Å². The summed E-state index contributed by atoms with van der Waals surface area (Å²) in [5, 5.41) is 9.06. The van der Waals surface area contributed by atoms with Crippen LogP contribution in [-0.4, -0.2) is 30.4 Å². The number of aliphatic hydroxyl groups is 1. The van der Waals surface area contributed by atoms with Crippen LogP contribution in [0.2, 0.25) is 0 Å². The lowest BCUT2D eigenvalue weighted by Gasteiger charge is -2.09. The van der Waals surface area contributed by atoms with Crippen LogP contribution in [0.1, 0.15) is 30.6 Å². The third-order valence-corrected chi connectivity index (χ3v) is 2.24. The molecule has 0 fully saturated rings. The normalized spacial score (nSPS) is 11.9. The molecule has 0 aliphatic carbocycles. The molecule has 1 atom stereocenters. The molecule has 18 heavy (non-hydrogen) atoms. The van der Waals surface area contributed by atoms with Gasteiger partial charge >= 0.3 is 5.97 Å². The average Bonchev–Trinajstić information content (AvgIpc) is 2.28. The first kappa shape index (κ1) is 14.3. The van der Waals surface area contributed by atoms with E-state index in [1.54, 1.807) is 19.1 Å². The molecule has 100 valence electrons. The first-order valence-corrected chi connectivity index (χ1v) is 5.91. The smallest absolute Gasteiger partial charge is 0.338 e. The summed E-state index contributed by atoms with van der Waals surface area (Å²) >= 11 is 0. The molecule has 0 spiro atoms. The number of carbonyl (C=O) groups excluding carboxylic acids is 1. The Morgan fingerprint density at radius 3 is 2.78 bits per heavy atom. The quantitative estimate of drug-likeness (QED) is 0.594. The molecule has 0 amide bonds. The highest BCUT2D eigenvalue weighted by molar-refractivity contribution is 5.91. The number of hydrogen-bond donors (Lipinski definition) is 2. The SMILES string of the molecule is CCOc1cc(N)cc(C(=O)OCCC(C)O)c1. The first-order valence-electron chi connectivity index (χ1n) is 5.91. The standard InChI is InChI=1S/C13H19NO4/c1-3-17-12-7-10(6-11(14)8-12)13(16)18-5-4-9(2)15/h6-9,15H,3-5,14H2,1-2H3. The number of anilines is 1. The zero-order valence-electron chi connectivity index (χ0n) is 10.7. The Labute approximate surface area is 107 Å². The predicted molar refractivity (Wildman–Crippen MR) is 68.6 cm³/mol. The monoisotopic (exact) mass is 253 g/mol. The minimum absolute atomic E-state index is 0.176. The van der Waals surface area contributed by atoms with Crippen LogP contribution >= 0.6 is 0 Å². The highest BCUT2D eigenvalue weighted by atomic mass is 16.5. The highest BCUT2D eigenvalue weighted by Crippen LogP contribution is 2.19. The molecule has 0 aromatic heterocycles. The number of aliphatic hydroxyl groups excluding tert-OH is 1. The van der Waals surface area contributed by atoms with E-state index in [-0.39, 0.29) is 6.61 Å². The number of nitrogens with two attached hydrogens (primary N) is 1. The topological polar surface area (TPSA) is 81.8 Å². The predicted octanol–water partition coefficient (Wildman–Crippen LogP) is 1.60. The molecule has 1 rings (SSSR count). The number of hydrogen-bond acceptors (Lipinski definition) is 5. The fraction of sp³-hybridized carbons (Fsp3) is 0.462. The Balaban J connectivity index is 2.66. The molecule has 0 saturated heterocycles. The van der Waals surface area contributed by atoms with Crippen LogP contribution in [0.4, 0.5) is 5.69 Å². The Kier molecular flexibility index (Phi) is 5.45. The van der Waals surface area contributed by atoms with Gasteiger partial charge in [0.15, 0.2) is 0 Å². The van der Waals surface area contributed by atoms with Crippen LogP contribution in [-0.2, 0) is 4.74 Å². The van der Waals surface area contributed by atoms with E-state index in [0.29, 0.717) is 30.0 Å². The van der Waals surface area contributed by atoms with Gasteiger partial charge in [0.25, 0.3) is 0 Å². The molecule has 3 N–H and O–H groups in total. The second-order valence-corrected chi connectivity index (χ2v) is 4.00. The van der Waals surface area contributed by atoms with Gasteiger partial charge in [-0.1, -0.05) is 0 Å². The van der Waals surface area contributed by atoms with Crippen LogP contribution in [0.3, 0.4) is 0 Å². The van der Waals surface area contributed by atoms with E-state index in [4.69, 9.17) is 20.3 Å². The lowest BCUT2D eigenvalue weighted by Crippen LogP contribution is -2.11. The van der Waals surface area contributed by atoms with Crippen molar-refractivity contribution in [1.29, 1.82) is 0 Å². The molecule has 0 aliphatic heterocycles. The number of rotatable bonds is 6. The van der Waals surface area contributed by atoms with Crippen molar-refractivity contribution in [3.63, 3.8) is 0 Å². The van der Waals surface area contributed by atoms with Crippen molar-refractivity contribution in [2.24, 2.45) is 0 Å². The number of nitrogen functional groups attached to an aromatic ring is 1. The minimum atomic E-state index is -0.488. The number of carbonyl (C=O) groups is 1. The van der Waals surface area contributed by atoms with Gasteiger partial charge in [0, 0.05) is 18.2 Å². The maximum absolute atomic E-state index is 11.7. The fourth-order valence-corrected chi connectivity index (χ4v) is 1.40. The minimum Gasteiger partial charge on any atom is -0.494 e. The lowest BCUT2D eigenvalue weighted by atomic mass is 10.2. The van der Waals surface area contributed by atoms with Crippen molar-refractivity contribution in [3.8, 4) is 5.75 Å². The molecule has 0 heterocycles. The molecule has 0 aliphatic rings. The maximum Gasteiger partial charge on any atom is 0.338 e. The van der Waals surface area contributed by atoms with Gasteiger partial charge in [0.2, 0.25) is 0 Å². The van der Waals surface area contributed by atoms with Crippen molar-refractivity contribution in [3.05, 3.63) is 23.8 Å². The van der Waals surface area contributed by atoms with Crippen molar-refractivity contribution < 1.29 is 19.4 Å². The van der Waals surface area contributed by atoms with E-state index in [9.17, 15) is 4.79 Å². The van der Waals surface area contributed by atoms with Gasteiger partial charge in [-0.05, 0) is 26.0 Å². The number of ether oxygens (including phenoxy) is 2. The van der Waals surface area contributed by atoms with Crippen molar-refractivity contribution >= 4 is 11.7 Å². The summed E-state index contributed by atoms with van der Waals surface area (Å²) in [6.07, 6.45) is -0.0792. The van der Waals surface area contributed by atoms with Crippen LogP contribution in [0.5, 0.6) is 5.75 Å². The van der Waals surface area contributed by atoms with Crippen LogP contribution in [0.15, 0.2) is 18.2 Å². The summed E-state index contributed by atoms with van der Waals surface area (Å²) in [7, 11) is 0. The van der Waals surface area contributed by atoms with Gasteiger partial charge in [-0.25, -0.2) is 4.79 Å². The van der Waals surface area contributed by atoms with E-state index >= 15 is 0 Å². The highest BCUT2D eigenvalue weighted by Gasteiger charge is 2.10. The van der Waals surface area contributed by atoms with Crippen molar-refractivity contribution in [1.82, 2.24) is 0 Å². The number of esters is 1. The van der Waals surface area contributed by atoms with E-state index in [0.717, 1.165) is 0 Å². The molecule has 1 aromatic carbocycles. The van der Waals surface area contributed by atoms with Gasteiger partial charge in [-0.3, -0.25) is 0 Å². The molecule has 5 heteroatoms. The van der Waals surface area contributed by atoms with Gasteiger partial charge < -0.3 is 20.3 Å². The Hall–Kier alpha value is -1.75. The lowest BCUT2D eigenvalue weighted by molar-refractivity contribution is 0.0444. The van der Waals surface area contributed by atoms with Gasteiger partial charge in [-0.2, -0.15) is 0 Å². The fourth-order valence-electron chi connectivity index (χ4n) is 1.40. The van der Waals surface area contributed by atoms with Crippen LogP contribution < -0.4 is 10.5 Å². The molecular weight excluding hydrogens is 234 g/mol. The van der Waals surface area contributed by atoms with Crippen LogP contribution in [0.25, 0.3) is 0 Å². The second-order valence-electron chi connectivity index (χ2n) is 4.00. The Bertz CT molecular complexity index is 404. The van der Waals surface area contributed by atoms with E-state index < -0.39 is 12.1 Å². The summed E-state index contributed by atoms with van der Waals surface area (Å²) in [6, 6.07) is 4.77. The zero-order valence-corrected chi connectivity index (χ0v) is 10.7. The first-order chi connectivity index (χ1) is 8.52. The Morgan fingerprint density at radius 2 is 2.17 bits per heavy atom. The van der Waals surface area contributed by atoms with E-state index in [1.165, 1.54) is 6.07 Å². The van der Waals surface area contributed by atoms with E-state index in [2.05, 4.69) is 0 Å². The van der Waals surface area contributed by atoms with Crippen molar-refractivity contribution in [2.75, 3.05) is 18.9 Å². The van der Waals surface area contributed by atoms with Crippen molar-refractivity contribution in [2.45, 2.75) is 26.4 Å². The summed E-state index contributed by atoms with van der Waals surface area (Å²) in [6.45, 7) is 4.17. The molecule has 1 aromatic rings. The molecule has 0 bridgehead atoms. The summed E-state index contributed by atoms with van der Waals surface area (Å²) in [5.74, 6) is 0.0730. The Morgan fingerprint density at radius 1 is 1.44 bits per heavy atom. The van der Waals surface area contributed by atoms with Gasteiger partial charge in [0.05, 0.1) is 24.9 Å². The third-order valence-electron chi connectivity index (χ3n) is 2.24. The molecule has 5 nitrogen and oxygen atoms in total. The molecule has 0 radical (unpaired) electrons. The van der Waals surface area contributed by atoms with Gasteiger partial charge in [-0.15, -0.1) is 0 Å². The molecule has 1 unspecified atom stereocenters. The maximum atomic E-state index is 11.7. The summed E-state index contributed by atoms with van der Waals surface area (Å²) in [4.78, 5) is 11.7. The summed E-state index contributed by atoms with van der Waals surface area (Å²) < 4.78 is 10.3. The van der Waals surface area contributed by atoms with E-state index in [1.807, 2.05) is 6.92 Å². The average molecular weight is 253 g/mol. The zero-order chi connectivity index (χ0) is 13.5. The van der Waals surface area contributed by atoms with Crippen LogP contribution in [0, 0.1) is 0 Å². The number of benzene rings is 1.